The maximum atomic E-state index is 13.8. The maximum absolute atomic E-state index is 13.8. The zero-order valence-electron chi connectivity index (χ0n) is 16.8. The smallest absolute Gasteiger partial charge is 0.318 e. The van der Waals surface area contributed by atoms with Crippen molar-refractivity contribution in [3.05, 3.63) is 60.4 Å². The highest BCUT2D eigenvalue weighted by atomic mass is 19.1. The van der Waals surface area contributed by atoms with Gasteiger partial charge in [0.1, 0.15) is 11.9 Å². The molecular formula is C22H27FN4O2. The molecule has 0 saturated carbocycles. The fourth-order valence-corrected chi connectivity index (χ4v) is 3.34. The Morgan fingerprint density at radius 1 is 0.931 bits per heavy atom. The first-order valence-electron chi connectivity index (χ1n) is 9.86. The third-order valence-corrected chi connectivity index (χ3v) is 5.05. The van der Waals surface area contributed by atoms with Gasteiger partial charge in [0.2, 0.25) is 5.91 Å². The van der Waals surface area contributed by atoms with Gasteiger partial charge in [-0.15, -0.1) is 0 Å². The number of nitrogens with zero attached hydrogens (tertiary/aromatic N) is 2. The molecule has 1 atom stereocenters. The van der Waals surface area contributed by atoms with E-state index in [1.54, 1.807) is 17.0 Å². The van der Waals surface area contributed by atoms with Crippen LogP contribution in [0.1, 0.15) is 13.8 Å². The summed E-state index contributed by atoms with van der Waals surface area (Å²) < 4.78 is 13.8. The van der Waals surface area contributed by atoms with Gasteiger partial charge < -0.3 is 20.4 Å². The van der Waals surface area contributed by atoms with Gasteiger partial charge in [-0.05, 0) is 30.2 Å². The van der Waals surface area contributed by atoms with E-state index in [1.165, 1.54) is 12.1 Å². The van der Waals surface area contributed by atoms with Gasteiger partial charge in [0, 0.05) is 31.9 Å². The molecule has 29 heavy (non-hydrogen) atoms. The molecule has 1 aliphatic heterocycles. The van der Waals surface area contributed by atoms with Crippen LogP contribution in [0.3, 0.4) is 0 Å². The van der Waals surface area contributed by atoms with Crippen LogP contribution in [-0.2, 0) is 4.79 Å². The van der Waals surface area contributed by atoms with Crippen LogP contribution in [0.15, 0.2) is 54.6 Å². The summed E-state index contributed by atoms with van der Waals surface area (Å²) in [6, 6.07) is 15.0. The number of carbonyl (C=O) groups excluding carboxylic acids is 2. The summed E-state index contributed by atoms with van der Waals surface area (Å²) in [6.07, 6.45) is 0. The summed E-state index contributed by atoms with van der Waals surface area (Å²) in [5.74, 6) is -1.08. The van der Waals surface area contributed by atoms with Crippen molar-refractivity contribution in [2.75, 3.05) is 36.4 Å². The Kier molecular flexibility index (Phi) is 6.69. The van der Waals surface area contributed by atoms with Gasteiger partial charge in [-0.2, -0.15) is 0 Å². The zero-order valence-corrected chi connectivity index (χ0v) is 16.8. The summed E-state index contributed by atoms with van der Waals surface area (Å²) in [4.78, 5) is 29.3. The van der Waals surface area contributed by atoms with E-state index in [2.05, 4.69) is 27.7 Å². The highest BCUT2D eigenvalue weighted by Crippen LogP contribution is 2.17. The topological polar surface area (TPSA) is 64.7 Å². The molecule has 154 valence electrons. The van der Waals surface area contributed by atoms with Crippen molar-refractivity contribution in [3.8, 4) is 0 Å². The van der Waals surface area contributed by atoms with E-state index in [9.17, 15) is 14.0 Å². The number of rotatable bonds is 5. The maximum Gasteiger partial charge on any atom is 0.318 e. The average molecular weight is 398 g/mol. The second kappa shape index (κ2) is 9.41. The molecule has 3 amide bonds. The zero-order chi connectivity index (χ0) is 20.8. The van der Waals surface area contributed by atoms with E-state index in [0.29, 0.717) is 13.1 Å². The van der Waals surface area contributed by atoms with Crippen molar-refractivity contribution in [1.29, 1.82) is 0 Å². The first kappa shape index (κ1) is 20.6. The molecule has 6 nitrogen and oxygen atoms in total. The van der Waals surface area contributed by atoms with Crippen molar-refractivity contribution < 1.29 is 14.0 Å². The third kappa shape index (κ3) is 5.25. The van der Waals surface area contributed by atoms with Crippen molar-refractivity contribution in [2.45, 2.75) is 19.9 Å². The van der Waals surface area contributed by atoms with Crippen LogP contribution in [-0.4, -0.2) is 49.1 Å². The molecule has 0 spiro atoms. The van der Waals surface area contributed by atoms with E-state index in [4.69, 9.17) is 0 Å². The Morgan fingerprint density at radius 3 is 2.17 bits per heavy atom. The van der Waals surface area contributed by atoms with Crippen molar-refractivity contribution in [1.82, 2.24) is 10.2 Å². The SMILES string of the molecule is CC(C)C(NC(=O)N1CCN(c2ccccc2)CC1)C(=O)Nc1ccccc1F. The lowest BCUT2D eigenvalue weighted by Crippen LogP contribution is -2.56. The highest BCUT2D eigenvalue weighted by Gasteiger charge is 2.28. The summed E-state index contributed by atoms with van der Waals surface area (Å²) in [6.45, 7) is 6.29. The lowest BCUT2D eigenvalue weighted by Gasteiger charge is -2.37. The predicted molar refractivity (Wildman–Crippen MR) is 112 cm³/mol. The molecule has 2 N–H and O–H groups in total. The van der Waals surface area contributed by atoms with Crippen molar-refractivity contribution in [3.63, 3.8) is 0 Å². The van der Waals surface area contributed by atoms with Crippen LogP contribution in [0.4, 0.5) is 20.6 Å². The summed E-state index contributed by atoms with van der Waals surface area (Å²) in [7, 11) is 0. The number of benzene rings is 2. The number of urea groups is 1. The van der Waals surface area contributed by atoms with Gasteiger partial charge in [0.25, 0.3) is 0 Å². The van der Waals surface area contributed by atoms with Crippen LogP contribution in [0.2, 0.25) is 0 Å². The van der Waals surface area contributed by atoms with Crippen LogP contribution in [0, 0.1) is 11.7 Å². The molecule has 2 aromatic carbocycles. The van der Waals surface area contributed by atoms with E-state index >= 15 is 0 Å². The first-order valence-corrected chi connectivity index (χ1v) is 9.86. The van der Waals surface area contributed by atoms with Crippen LogP contribution >= 0.6 is 0 Å². The predicted octanol–water partition coefficient (Wildman–Crippen LogP) is 3.32. The van der Waals surface area contributed by atoms with Gasteiger partial charge in [0.15, 0.2) is 0 Å². The van der Waals surface area contributed by atoms with Crippen LogP contribution in [0.5, 0.6) is 0 Å². The lowest BCUT2D eigenvalue weighted by molar-refractivity contribution is -0.118. The average Bonchev–Trinajstić information content (AvgIpc) is 2.74. The first-order chi connectivity index (χ1) is 14.0. The van der Waals surface area contributed by atoms with Gasteiger partial charge in [-0.1, -0.05) is 44.2 Å². The quantitative estimate of drug-likeness (QED) is 0.812. The lowest BCUT2D eigenvalue weighted by atomic mass is 10.0. The fraction of sp³-hybridized carbons (Fsp3) is 0.364. The molecule has 1 saturated heterocycles. The normalized spacial score (nSPS) is 15.2. The molecule has 0 aromatic heterocycles. The van der Waals surface area contributed by atoms with Gasteiger partial charge in [-0.3, -0.25) is 4.79 Å². The molecule has 0 aliphatic carbocycles. The van der Waals surface area contributed by atoms with Crippen molar-refractivity contribution in [2.24, 2.45) is 5.92 Å². The fourth-order valence-electron chi connectivity index (χ4n) is 3.34. The number of anilines is 2. The number of piperazine rings is 1. The highest BCUT2D eigenvalue weighted by molar-refractivity contribution is 5.97. The Balaban J connectivity index is 1.57. The van der Waals surface area contributed by atoms with E-state index in [1.807, 2.05) is 32.0 Å². The van der Waals surface area contributed by atoms with Gasteiger partial charge >= 0.3 is 6.03 Å². The monoisotopic (exact) mass is 398 g/mol. The molecule has 1 aliphatic rings. The van der Waals surface area contributed by atoms with Crippen LogP contribution < -0.4 is 15.5 Å². The Morgan fingerprint density at radius 2 is 1.55 bits per heavy atom. The summed E-state index contributed by atoms with van der Waals surface area (Å²) in [5, 5.41) is 5.39. The minimum atomic E-state index is -0.755. The molecule has 2 aromatic rings. The van der Waals surface area contributed by atoms with Gasteiger partial charge in [0.05, 0.1) is 5.69 Å². The summed E-state index contributed by atoms with van der Waals surface area (Å²) in [5.41, 5.74) is 1.24. The number of para-hydroxylation sites is 2. The Hall–Kier alpha value is -3.09. The Bertz CT molecular complexity index is 836. The summed E-state index contributed by atoms with van der Waals surface area (Å²) >= 11 is 0. The molecule has 1 fully saturated rings. The third-order valence-electron chi connectivity index (χ3n) is 5.05. The number of hydrogen-bond acceptors (Lipinski definition) is 3. The number of hydrogen-bond donors (Lipinski definition) is 2. The van der Waals surface area contributed by atoms with E-state index in [-0.39, 0.29) is 17.6 Å². The second-order valence-electron chi connectivity index (χ2n) is 7.45. The van der Waals surface area contributed by atoms with E-state index in [0.717, 1.165) is 18.8 Å². The van der Waals surface area contributed by atoms with Crippen LogP contribution in [0.25, 0.3) is 0 Å². The number of carbonyl (C=O) groups is 2. The minimum Gasteiger partial charge on any atom is -0.368 e. The Labute approximate surface area is 170 Å². The molecular weight excluding hydrogens is 371 g/mol. The number of amides is 3. The minimum absolute atomic E-state index is 0.105. The largest absolute Gasteiger partial charge is 0.368 e. The number of halogens is 1. The molecule has 7 heteroatoms. The second-order valence-corrected chi connectivity index (χ2v) is 7.45. The molecule has 0 radical (unpaired) electrons. The molecule has 1 unspecified atom stereocenters. The van der Waals surface area contributed by atoms with E-state index < -0.39 is 17.8 Å². The number of nitrogens with one attached hydrogen (secondary N) is 2. The standard InChI is InChI=1S/C22H27FN4O2/c1-16(2)20(21(28)24-19-11-7-6-10-18(19)23)25-22(29)27-14-12-26(13-15-27)17-8-4-3-5-9-17/h3-11,16,20H,12-15H2,1-2H3,(H,24,28)(H,25,29). The molecule has 1 heterocycles. The van der Waals surface area contributed by atoms with Crippen molar-refractivity contribution >= 4 is 23.3 Å². The molecule has 3 rings (SSSR count). The molecule has 0 bridgehead atoms. The van der Waals surface area contributed by atoms with Gasteiger partial charge in [-0.25, -0.2) is 9.18 Å².